The van der Waals surface area contributed by atoms with Crippen molar-refractivity contribution < 1.29 is 24.0 Å². The van der Waals surface area contributed by atoms with Crippen LogP contribution in [0.15, 0.2) is 12.2 Å². The molecular weight excluding hydrogens is 290 g/mol. The molecule has 0 radical (unpaired) electrons. The molecule has 0 N–H and O–H groups in total. The molecule has 0 aliphatic carbocycles. The zero-order valence-corrected chi connectivity index (χ0v) is 13.5. The van der Waals surface area contributed by atoms with Crippen molar-refractivity contribution in [2.45, 2.75) is 51.5 Å². The Morgan fingerprint density at radius 2 is 1.73 bits per heavy atom. The molecule has 0 bridgehead atoms. The molecule has 2 atom stereocenters. The van der Waals surface area contributed by atoms with Crippen LogP contribution >= 0.6 is 0 Å². The predicted octanol–water partition coefficient (Wildman–Crippen LogP) is 2.51. The summed E-state index contributed by atoms with van der Waals surface area (Å²) in [5.74, 6) is -3.00. The van der Waals surface area contributed by atoms with Crippen molar-refractivity contribution in [2.75, 3.05) is 14.2 Å². The van der Waals surface area contributed by atoms with Gasteiger partial charge in [0.05, 0.1) is 19.8 Å². The number of nitrogens with zero attached hydrogens (tertiary/aromatic N) is 1. The van der Waals surface area contributed by atoms with Gasteiger partial charge in [-0.05, 0) is 6.42 Å². The highest BCUT2D eigenvalue weighted by molar-refractivity contribution is 5.95. The first kappa shape index (κ1) is 20.1. The molecule has 0 saturated heterocycles. The molecule has 2 unspecified atom stereocenters. The summed E-state index contributed by atoms with van der Waals surface area (Å²) in [7, 11) is 2.26. The molecule has 7 nitrogen and oxygen atoms in total. The summed E-state index contributed by atoms with van der Waals surface area (Å²) >= 11 is 0. The Balaban J connectivity index is 5.00. The van der Waals surface area contributed by atoms with Crippen molar-refractivity contribution >= 4 is 11.9 Å². The molecule has 22 heavy (non-hydrogen) atoms. The van der Waals surface area contributed by atoms with Crippen molar-refractivity contribution in [2.24, 2.45) is 5.92 Å². The molecule has 0 amide bonds. The number of rotatable bonds is 11. The quantitative estimate of drug-likeness (QED) is 0.191. The van der Waals surface area contributed by atoms with Gasteiger partial charge < -0.3 is 9.47 Å². The molecule has 0 aliphatic rings. The Morgan fingerprint density at radius 3 is 2.18 bits per heavy atom. The molecule has 0 spiro atoms. The third kappa shape index (κ3) is 6.24. The molecule has 0 rings (SSSR count). The van der Waals surface area contributed by atoms with Gasteiger partial charge in [0.25, 0.3) is 0 Å². The Kier molecular flexibility index (Phi) is 9.82. The van der Waals surface area contributed by atoms with Gasteiger partial charge in [-0.3, -0.25) is 14.9 Å². The van der Waals surface area contributed by atoms with Crippen LogP contribution < -0.4 is 0 Å². The maximum absolute atomic E-state index is 11.9. The fourth-order valence-electron chi connectivity index (χ4n) is 2.27. The fourth-order valence-corrected chi connectivity index (χ4v) is 2.27. The number of nitro groups is 1. The van der Waals surface area contributed by atoms with Crippen LogP contribution in [-0.4, -0.2) is 37.1 Å². The highest BCUT2D eigenvalue weighted by atomic mass is 16.6. The fraction of sp³-hybridized carbons (Fsp3) is 0.733. The Morgan fingerprint density at radius 1 is 1.14 bits per heavy atom. The van der Waals surface area contributed by atoms with Gasteiger partial charge in [0.1, 0.15) is 0 Å². The summed E-state index contributed by atoms with van der Waals surface area (Å²) in [5.41, 5.74) is -0.246. The summed E-state index contributed by atoms with van der Waals surface area (Å²) in [6.07, 6.45) is 4.76. The van der Waals surface area contributed by atoms with E-state index in [0.717, 1.165) is 39.9 Å². The largest absolute Gasteiger partial charge is 0.468 e. The number of carbonyl (C=O) groups excluding carboxylic acids is 2. The first-order chi connectivity index (χ1) is 10.4. The van der Waals surface area contributed by atoms with E-state index in [1.807, 2.05) is 0 Å². The second kappa shape index (κ2) is 10.8. The topological polar surface area (TPSA) is 95.7 Å². The minimum absolute atomic E-state index is 0.187. The SMILES string of the molecule is C=C(C(=O)OC)C(C(=O)OC)C(CCCCCCC)[N+](=O)[O-]. The van der Waals surface area contributed by atoms with Gasteiger partial charge in [0, 0.05) is 11.3 Å². The van der Waals surface area contributed by atoms with Gasteiger partial charge in [-0.25, -0.2) is 4.79 Å². The maximum Gasteiger partial charge on any atom is 0.334 e. The molecule has 0 aromatic carbocycles. The lowest BCUT2D eigenvalue weighted by Crippen LogP contribution is -2.38. The Labute approximate surface area is 130 Å². The van der Waals surface area contributed by atoms with Crippen molar-refractivity contribution in [3.63, 3.8) is 0 Å². The number of hydrogen-bond acceptors (Lipinski definition) is 6. The van der Waals surface area contributed by atoms with E-state index in [1.54, 1.807) is 0 Å². The second-order valence-electron chi connectivity index (χ2n) is 5.07. The second-order valence-corrected chi connectivity index (χ2v) is 5.07. The maximum atomic E-state index is 11.9. The predicted molar refractivity (Wildman–Crippen MR) is 80.8 cm³/mol. The lowest BCUT2D eigenvalue weighted by atomic mass is 9.89. The van der Waals surface area contributed by atoms with E-state index in [-0.39, 0.29) is 12.0 Å². The van der Waals surface area contributed by atoms with Gasteiger partial charge in [-0.15, -0.1) is 0 Å². The van der Waals surface area contributed by atoms with Gasteiger partial charge >= 0.3 is 11.9 Å². The lowest BCUT2D eigenvalue weighted by Gasteiger charge is -2.19. The van der Waals surface area contributed by atoms with E-state index in [9.17, 15) is 19.7 Å². The van der Waals surface area contributed by atoms with E-state index in [0.29, 0.717) is 6.42 Å². The van der Waals surface area contributed by atoms with Crippen LogP contribution in [0.1, 0.15) is 45.4 Å². The van der Waals surface area contributed by atoms with E-state index in [2.05, 4.69) is 23.0 Å². The first-order valence-corrected chi connectivity index (χ1v) is 7.39. The summed E-state index contributed by atoms with van der Waals surface area (Å²) in [4.78, 5) is 34.2. The van der Waals surface area contributed by atoms with Crippen molar-refractivity contribution in [1.29, 1.82) is 0 Å². The summed E-state index contributed by atoms with van der Waals surface area (Å²) in [6.45, 7) is 5.55. The number of unbranched alkanes of at least 4 members (excludes halogenated alkanes) is 4. The van der Waals surface area contributed by atoms with Crippen molar-refractivity contribution in [3.8, 4) is 0 Å². The molecule has 0 aromatic rings. The average Bonchev–Trinajstić information content (AvgIpc) is 2.51. The number of hydrogen-bond donors (Lipinski definition) is 0. The van der Waals surface area contributed by atoms with Gasteiger partial charge in [0.15, 0.2) is 5.92 Å². The summed E-state index contributed by atoms with van der Waals surface area (Å²) < 4.78 is 9.10. The zero-order chi connectivity index (χ0) is 17.1. The molecule has 0 aromatic heterocycles. The van der Waals surface area contributed by atoms with Crippen molar-refractivity contribution in [3.05, 3.63) is 22.3 Å². The minimum Gasteiger partial charge on any atom is -0.468 e. The van der Waals surface area contributed by atoms with Crippen LogP contribution in [0, 0.1) is 16.0 Å². The van der Waals surface area contributed by atoms with Gasteiger partial charge in [0.2, 0.25) is 6.04 Å². The van der Waals surface area contributed by atoms with E-state index < -0.39 is 28.8 Å². The standard InChI is InChI=1S/C15H25NO6/c1-5-6-7-8-9-10-12(16(19)20)13(15(18)22-4)11(2)14(17)21-3/h12-13H,2,5-10H2,1,3-4H3. The van der Waals surface area contributed by atoms with Crippen LogP contribution in [0.3, 0.4) is 0 Å². The van der Waals surface area contributed by atoms with Crippen LogP contribution in [-0.2, 0) is 19.1 Å². The highest BCUT2D eigenvalue weighted by Gasteiger charge is 2.42. The zero-order valence-electron chi connectivity index (χ0n) is 13.5. The van der Waals surface area contributed by atoms with Gasteiger partial charge in [-0.2, -0.15) is 0 Å². The lowest BCUT2D eigenvalue weighted by molar-refractivity contribution is -0.529. The normalized spacial score (nSPS) is 13.0. The van der Waals surface area contributed by atoms with Crippen LogP contribution in [0.2, 0.25) is 0 Å². The highest BCUT2D eigenvalue weighted by Crippen LogP contribution is 2.24. The summed E-state index contributed by atoms with van der Waals surface area (Å²) in [6, 6.07) is -1.24. The van der Waals surface area contributed by atoms with Crippen molar-refractivity contribution in [1.82, 2.24) is 0 Å². The number of carbonyl (C=O) groups is 2. The van der Waals surface area contributed by atoms with E-state index >= 15 is 0 Å². The monoisotopic (exact) mass is 315 g/mol. The number of esters is 2. The number of ether oxygens (including phenoxy) is 2. The molecule has 0 fully saturated rings. The molecule has 0 aliphatic heterocycles. The van der Waals surface area contributed by atoms with E-state index in [1.165, 1.54) is 0 Å². The first-order valence-electron chi connectivity index (χ1n) is 7.39. The molecule has 0 saturated carbocycles. The third-order valence-electron chi connectivity index (χ3n) is 3.54. The summed E-state index contributed by atoms with van der Waals surface area (Å²) in [5, 5.41) is 11.3. The number of methoxy groups -OCH3 is 2. The van der Waals surface area contributed by atoms with Crippen LogP contribution in [0.4, 0.5) is 0 Å². The molecule has 126 valence electrons. The van der Waals surface area contributed by atoms with E-state index in [4.69, 9.17) is 0 Å². The smallest absolute Gasteiger partial charge is 0.334 e. The Bertz CT molecular complexity index is 407. The van der Waals surface area contributed by atoms with Gasteiger partial charge in [-0.1, -0.05) is 39.2 Å². The molecular formula is C15H25NO6. The average molecular weight is 315 g/mol. The molecule has 0 heterocycles. The van der Waals surface area contributed by atoms with Crippen LogP contribution in [0.25, 0.3) is 0 Å². The Hall–Kier alpha value is -1.92. The van der Waals surface area contributed by atoms with Crippen LogP contribution in [0.5, 0.6) is 0 Å². The minimum atomic E-state index is -1.32. The third-order valence-corrected chi connectivity index (χ3v) is 3.54. The molecule has 7 heteroatoms.